The van der Waals surface area contributed by atoms with Crippen molar-refractivity contribution < 1.29 is 4.84 Å². The molecule has 1 atom stereocenters. The predicted molar refractivity (Wildman–Crippen MR) is 59.4 cm³/mol. The Kier molecular flexibility index (Phi) is 4.39. The van der Waals surface area contributed by atoms with E-state index in [1.54, 1.807) is 0 Å². The maximum atomic E-state index is 5.48. The Balaban J connectivity index is 0.000000980. The van der Waals surface area contributed by atoms with Crippen molar-refractivity contribution in [2.24, 2.45) is 0 Å². The third-order valence-electron chi connectivity index (χ3n) is 2.54. The first-order valence-corrected chi connectivity index (χ1v) is 4.78. The predicted octanol–water partition coefficient (Wildman–Crippen LogP) is 2.81. The fraction of sp³-hybridized carbons (Fsp3) is 0.455. The molecule has 0 aromatic heterocycles. The summed E-state index contributed by atoms with van der Waals surface area (Å²) in [5, 5.41) is 1.97. The number of hydroxylamine groups is 2. The van der Waals surface area contributed by atoms with Crippen molar-refractivity contribution >= 4 is 12.4 Å². The van der Waals surface area contributed by atoms with Crippen LogP contribution >= 0.6 is 12.4 Å². The van der Waals surface area contributed by atoms with Gasteiger partial charge in [0.1, 0.15) is 0 Å². The van der Waals surface area contributed by atoms with Crippen LogP contribution in [0.1, 0.15) is 24.4 Å². The number of rotatable bonds is 1. The van der Waals surface area contributed by atoms with E-state index in [9.17, 15) is 0 Å². The molecule has 0 amide bonds. The van der Waals surface area contributed by atoms with Crippen LogP contribution in [-0.4, -0.2) is 18.7 Å². The molecule has 0 aliphatic carbocycles. The average molecular weight is 214 g/mol. The summed E-state index contributed by atoms with van der Waals surface area (Å²) in [4.78, 5) is 5.48. The minimum atomic E-state index is 0. The molecule has 0 bridgehead atoms. The molecule has 1 aliphatic rings. The van der Waals surface area contributed by atoms with Crippen LogP contribution in [-0.2, 0) is 4.84 Å². The van der Waals surface area contributed by atoms with Crippen molar-refractivity contribution in [2.45, 2.75) is 18.9 Å². The first-order valence-electron chi connectivity index (χ1n) is 4.78. The highest BCUT2D eigenvalue weighted by atomic mass is 35.5. The highest BCUT2D eigenvalue weighted by molar-refractivity contribution is 5.85. The number of nitrogens with zero attached hydrogens (tertiary/aromatic N) is 1. The Hall–Kier alpha value is -0.570. The minimum absolute atomic E-state index is 0. The van der Waals surface area contributed by atoms with Gasteiger partial charge in [-0.05, 0) is 18.4 Å². The topological polar surface area (TPSA) is 12.5 Å². The van der Waals surface area contributed by atoms with Gasteiger partial charge in [-0.25, -0.2) is 0 Å². The lowest BCUT2D eigenvalue weighted by atomic mass is 10.0. The molecule has 1 saturated heterocycles. The summed E-state index contributed by atoms with van der Waals surface area (Å²) in [6.45, 7) is 0.861. The quantitative estimate of drug-likeness (QED) is 0.712. The molecule has 1 fully saturated rings. The molecule has 0 N–H and O–H groups in total. The van der Waals surface area contributed by atoms with Crippen LogP contribution in [0.2, 0.25) is 0 Å². The highest BCUT2D eigenvalue weighted by Gasteiger charge is 2.20. The van der Waals surface area contributed by atoms with Crippen LogP contribution in [0.5, 0.6) is 0 Å². The highest BCUT2D eigenvalue weighted by Crippen LogP contribution is 2.27. The van der Waals surface area contributed by atoms with Crippen LogP contribution in [0.15, 0.2) is 30.3 Å². The first-order chi connectivity index (χ1) is 6.38. The number of benzene rings is 1. The Bertz CT molecular complexity index is 265. The second-order valence-electron chi connectivity index (χ2n) is 3.45. The van der Waals surface area contributed by atoms with Crippen LogP contribution < -0.4 is 0 Å². The zero-order valence-electron chi connectivity index (χ0n) is 8.35. The summed E-state index contributed by atoms with van der Waals surface area (Å²) in [5.41, 5.74) is 1.35. The van der Waals surface area contributed by atoms with Gasteiger partial charge in [0.2, 0.25) is 0 Å². The van der Waals surface area contributed by atoms with Gasteiger partial charge in [0.25, 0.3) is 0 Å². The molecular formula is C11H16ClNO. The van der Waals surface area contributed by atoms with E-state index in [0.29, 0.717) is 6.04 Å². The van der Waals surface area contributed by atoms with Crippen molar-refractivity contribution in [3.05, 3.63) is 35.9 Å². The average Bonchev–Trinajstić information content (AvgIpc) is 2.20. The first kappa shape index (κ1) is 11.5. The summed E-state index contributed by atoms with van der Waals surface area (Å²) < 4.78 is 0. The molecule has 0 saturated carbocycles. The van der Waals surface area contributed by atoms with E-state index in [1.807, 2.05) is 18.2 Å². The van der Waals surface area contributed by atoms with Gasteiger partial charge in [-0.15, -0.1) is 12.4 Å². The standard InChI is InChI=1S/C11H15NO.ClH/c1-12-11(8-5-9-13-12)10-6-3-2-4-7-10;/h2-4,6-7,11H,5,8-9H2,1H3;1H. The van der Waals surface area contributed by atoms with Crippen LogP contribution in [0, 0.1) is 0 Å². The SMILES string of the molecule is CN1OCCCC1c1ccccc1.Cl. The number of hydrogen-bond donors (Lipinski definition) is 0. The van der Waals surface area contributed by atoms with Gasteiger partial charge < -0.3 is 0 Å². The molecule has 2 rings (SSSR count). The molecule has 2 nitrogen and oxygen atoms in total. The second-order valence-corrected chi connectivity index (χ2v) is 3.45. The lowest BCUT2D eigenvalue weighted by molar-refractivity contribution is -0.195. The minimum Gasteiger partial charge on any atom is -0.299 e. The molecule has 0 spiro atoms. The Morgan fingerprint density at radius 3 is 2.64 bits per heavy atom. The van der Waals surface area contributed by atoms with Crippen molar-refractivity contribution in [2.75, 3.05) is 13.7 Å². The Morgan fingerprint density at radius 2 is 2.00 bits per heavy atom. The molecule has 1 heterocycles. The molecular weight excluding hydrogens is 198 g/mol. The van der Waals surface area contributed by atoms with Crippen LogP contribution in [0.3, 0.4) is 0 Å². The van der Waals surface area contributed by atoms with Crippen LogP contribution in [0.25, 0.3) is 0 Å². The van der Waals surface area contributed by atoms with Gasteiger partial charge in [0.15, 0.2) is 0 Å². The van der Waals surface area contributed by atoms with E-state index in [4.69, 9.17) is 4.84 Å². The Morgan fingerprint density at radius 1 is 1.29 bits per heavy atom. The fourth-order valence-electron chi connectivity index (χ4n) is 1.81. The third kappa shape index (κ3) is 2.47. The van der Waals surface area contributed by atoms with Crippen molar-refractivity contribution in [3.63, 3.8) is 0 Å². The summed E-state index contributed by atoms with van der Waals surface area (Å²) in [7, 11) is 2.01. The largest absolute Gasteiger partial charge is 0.299 e. The van der Waals surface area contributed by atoms with Crippen molar-refractivity contribution in [1.82, 2.24) is 5.06 Å². The normalized spacial score (nSPS) is 22.8. The van der Waals surface area contributed by atoms with Gasteiger partial charge in [-0.2, -0.15) is 5.06 Å². The number of hydrogen-bond acceptors (Lipinski definition) is 2. The summed E-state index contributed by atoms with van der Waals surface area (Å²) in [6.07, 6.45) is 2.35. The summed E-state index contributed by atoms with van der Waals surface area (Å²) in [5.74, 6) is 0. The molecule has 1 unspecified atom stereocenters. The summed E-state index contributed by atoms with van der Waals surface area (Å²) in [6, 6.07) is 11.0. The molecule has 3 heteroatoms. The number of halogens is 1. The lowest BCUT2D eigenvalue weighted by Gasteiger charge is -2.31. The van der Waals surface area contributed by atoms with Gasteiger partial charge in [-0.3, -0.25) is 4.84 Å². The monoisotopic (exact) mass is 213 g/mol. The molecule has 1 aromatic carbocycles. The Labute approximate surface area is 91.2 Å². The van der Waals surface area contributed by atoms with E-state index in [0.717, 1.165) is 13.0 Å². The van der Waals surface area contributed by atoms with Gasteiger partial charge in [-0.1, -0.05) is 30.3 Å². The molecule has 14 heavy (non-hydrogen) atoms. The maximum absolute atomic E-state index is 5.48. The summed E-state index contributed by atoms with van der Waals surface area (Å²) >= 11 is 0. The smallest absolute Gasteiger partial charge is 0.0685 e. The fourth-order valence-corrected chi connectivity index (χ4v) is 1.81. The van der Waals surface area contributed by atoms with Crippen molar-refractivity contribution in [1.29, 1.82) is 0 Å². The molecule has 78 valence electrons. The van der Waals surface area contributed by atoms with E-state index in [2.05, 4.69) is 24.3 Å². The molecule has 1 aromatic rings. The lowest BCUT2D eigenvalue weighted by Crippen LogP contribution is -2.29. The van der Waals surface area contributed by atoms with Crippen LogP contribution in [0.4, 0.5) is 0 Å². The van der Waals surface area contributed by atoms with E-state index < -0.39 is 0 Å². The zero-order valence-corrected chi connectivity index (χ0v) is 9.17. The molecule has 0 radical (unpaired) electrons. The maximum Gasteiger partial charge on any atom is 0.0685 e. The van der Waals surface area contributed by atoms with Crippen molar-refractivity contribution in [3.8, 4) is 0 Å². The van der Waals surface area contributed by atoms with E-state index in [1.165, 1.54) is 12.0 Å². The molecule has 1 aliphatic heterocycles. The van der Waals surface area contributed by atoms with Gasteiger partial charge >= 0.3 is 0 Å². The van der Waals surface area contributed by atoms with E-state index in [-0.39, 0.29) is 12.4 Å². The second kappa shape index (κ2) is 5.35. The van der Waals surface area contributed by atoms with Gasteiger partial charge in [0.05, 0.1) is 12.6 Å². The third-order valence-corrected chi connectivity index (χ3v) is 2.54. The van der Waals surface area contributed by atoms with E-state index >= 15 is 0 Å². The van der Waals surface area contributed by atoms with Gasteiger partial charge in [0, 0.05) is 7.05 Å². The zero-order chi connectivity index (χ0) is 9.10.